The van der Waals surface area contributed by atoms with Gasteiger partial charge in [-0.05, 0) is 0 Å². The molecule has 0 saturated heterocycles. The fourth-order valence-corrected chi connectivity index (χ4v) is 2.69. The van der Waals surface area contributed by atoms with Crippen LogP contribution in [0, 0.1) is 0 Å². The Hall–Kier alpha value is 1.23. The Bertz CT molecular complexity index is 74.4. The van der Waals surface area contributed by atoms with Crippen LogP contribution in [0.1, 0.15) is 0 Å². The monoisotopic (exact) mass is 356 g/mol. The van der Waals surface area contributed by atoms with E-state index in [1.54, 1.807) is 13.4 Å². The van der Waals surface area contributed by atoms with Crippen LogP contribution in [0.2, 0.25) is 0 Å². The molecule has 0 unspecified atom stereocenters. The van der Waals surface area contributed by atoms with Crippen molar-refractivity contribution >= 4 is 40.7 Å². The van der Waals surface area contributed by atoms with Gasteiger partial charge in [-0.3, -0.25) is 0 Å². The molecule has 50 valence electrons. The third-order valence-electron chi connectivity index (χ3n) is 0.438. The van der Waals surface area contributed by atoms with Gasteiger partial charge in [0, 0.05) is 0 Å². The first kappa shape index (κ1) is 9.23. The van der Waals surface area contributed by atoms with Crippen molar-refractivity contribution in [2.75, 3.05) is 11.5 Å². The van der Waals surface area contributed by atoms with Crippen LogP contribution in [0.5, 0.6) is 0 Å². The molecular weight excluding hydrogens is 351 g/mol. The van der Waals surface area contributed by atoms with Gasteiger partial charge < -0.3 is 0 Å². The zero-order valence-electron chi connectivity index (χ0n) is 4.40. The van der Waals surface area contributed by atoms with E-state index in [9.17, 15) is 0 Å². The van der Waals surface area contributed by atoms with E-state index in [2.05, 4.69) is 25.4 Å². The number of ether oxygens (including phenoxy) is 1. The van der Waals surface area contributed by atoms with Crippen molar-refractivity contribution in [2.24, 2.45) is 0 Å². The van der Waals surface area contributed by atoms with Crippen LogP contribution in [-0.2, 0) is 4.74 Å². The number of hydrogen-bond donors (Lipinski definition) is 0. The van der Waals surface area contributed by atoms with Crippen LogP contribution in [0.25, 0.3) is 0 Å². The first-order valence-corrected chi connectivity index (χ1v) is 13.1. The zero-order valence-corrected chi connectivity index (χ0v) is 9.73. The first-order chi connectivity index (χ1) is 3.77. The normalized spacial score (nSPS) is 12.1. The SMILES string of the molecule is COC=CCI(Br)Br. The van der Waals surface area contributed by atoms with Crippen molar-refractivity contribution < 1.29 is 4.74 Å². The number of halogens is 3. The molecule has 0 N–H and O–H groups in total. The Morgan fingerprint density at radius 1 is 1.62 bits per heavy atom. The van der Waals surface area contributed by atoms with Gasteiger partial charge in [-0.1, -0.05) is 0 Å². The topological polar surface area (TPSA) is 9.23 Å². The van der Waals surface area contributed by atoms with Crippen molar-refractivity contribution in [2.45, 2.75) is 0 Å². The molecule has 0 heterocycles. The zero-order chi connectivity index (χ0) is 6.41. The molecule has 0 aliphatic carbocycles. The summed E-state index contributed by atoms with van der Waals surface area (Å²) in [7, 11) is 1.65. The summed E-state index contributed by atoms with van der Waals surface area (Å²) in [5.74, 6) is 0. The van der Waals surface area contributed by atoms with Gasteiger partial charge in [0.1, 0.15) is 0 Å². The van der Waals surface area contributed by atoms with Crippen molar-refractivity contribution in [3.05, 3.63) is 12.3 Å². The van der Waals surface area contributed by atoms with E-state index in [4.69, 9.17) is 4.74 Å². The van der Waals surface area contributed by atoms with Crippen molar-refractivity contribution in [3.8, 4) is 0 Å². The molecule has 4 heteroatoms. The maximum absolute atomic E-state index is 4.70. The van der Waals surface area contributed by atoms with Gasteiger partial charge in [0.2, 0.25) is 0 Å². The summed E-state index contributed by atoms with van der Waals surface area (Å²) in [4.78, 5) is 0. The average molecular weight is 358 g/mol. The van der Waals surface area contributed by atoms with E-state index in [1.807, 2.05) is 6.08 Å². The summed E-state index contributed by atoms with van der Waals surface area (Å²) in [6.45, 7) is 0. The second kappa shape index (κ2) is 6.35. The van der Waals surface area contributed by atoms with Gasteiger partial charge in [-0.2, -0.15) is 0 Å². The molecule has 0 saturated carbocycles. The molecular formula is C4H7Br2IO. The molecule has 0 fully saturated rings. The van der Waals surface area contributed by atoms with Gasteiger partial charge in [0.05, 0.1) is 0 Å². The minimum atomic E-state index is -0.886. The number of rotatable bonds is 3. The van der Waals surface area contributed by atoms with Crippen molar-refractivity contribution in [3.63, 3.8) is 0 Å². The second-order valence-electron chi connectivity index (χ2n) is 1.02. The molecule has 0 rings (SSSR count). The van der Waals surface area contributed by atoms with Gasteiger partial charge in [-0.15, -0.1) is 0 Å². The quantitative estimate of drug-likeness (QED) is 0.428. The van der Waals surface area contributed by atoms with Crippen LogP contribution < -0.4 is 0 Å². The second-order valence-corrected chi connectivity index (χ2v) is 18.5. The summed E-state index contributed by atoms with van der Waals surface area (Å²) < 4.78 is 5.79. The summed E-state index contributed by atoms with van der Waals surface area (Å²) in [6, 6.07) is 0. The molecule has 0 radical (unpaired) electrons. The molecule has 8 heavy (non-hydrogen) atoms. The van der Waals surface area contributed by atoms with E-state index < -0.39 is 15.4 Å². The Kier molecular flexibility index (Phi) is 7.33. The van der Waals surface area contributed by atoms with Crippen LogP contribution in [-0.4, -0.2) is 11.5 Å². The fourth-order valence-electron chi connectivity index (χ4n) is 0.200. The molecule has 0 spiro atoms. The van der Waals surface area contributed by atoms with Crippen LogP contribution >= 0.6 is 40.7 Å². The van der Waals surface area contributed by atoms with Gasteiger partial charge in [0.15, 0.2) is 0 Å². The molecule has 0 aromatic heterocycles. The van der Waals surface area contributed by atoms with E-state index in [0.29, 0.717) is 0 Å². The van der Waals surface area contributed by atoms with Gasteiger partial charge in [-0.25, -0.2) is 0 Å². The predicted octanol–water partition coefficient (Wildman–Crippen LogP) is 3.27. The summed E-state index contributed by atoms with van der Waals surface area (Å²) in [5.41, 5.74) is 0. The average Bonchev–Trinajstić information content (AvgIpc) is 1.66. The van der Waals surface area contributed by atoms with E-state index >= 15 is 0 Å². The molecule has 0 amide bonds. The summed E-state index contributed by atoms with van der Waals surface area (Å²) >= 11 is 6.06. The van der Waals surface area contributed by atoms with Crippen LogP contribution in [0.15, 0.2) is 12.3 Å². The number of alkyl halides is 1. The molecule has 0 bridgehead atoms. The Morgan fingerprint density at radius 3 is 2.62 bits per heavy atom. The summed E-state index contributed by atoms with van der Waals surface area (Å²) in [6.07, 6.45) is 3.71. The predicted molar refractivity (Wildman–Crippen MR) is 52.9 cm³/mol. The van der Waals surface area contributed by atoms with Gasteiger partial charge in [0.25, 0.3) is 0 Å². The Labute approximate surface area is 68.7 Å². The standard InChI is InChI=1S/C4H7Br2IO/c1-8-4-2-3-7(5)6/h2,4H,3H2,1H3. The van der Waals surface area contributed by atoms with Gasteiger partial charge >= 0.3 is 69.4 Å². The fraction of sp³-hybridized carbons (Fsp3) is 0.500. The number of methoxy groups -OCH3 is 1. The molecule has 0 aromatic rings. The minimum absolute atomic E-state index is 0.886. The number of allylic oxidation sites excluding steroid dienone is 1. The Balaban J connectivity index is 3.03. The van der Waals surface area contributed by atoms with Crippen molar-refractivity contribution in [1.29, 1.82) is 0 Å². The van der Waals surface area contributed by atoms with Crippen LogP contribution in [0.3, 0.4) is 0 Å². The molecule has 0 aliphatic heterocycles. The Morgan fingerprint density at radius 2 is 2.25 bits per heavy atom. The first-order valence-electron chi connectivity index (χ1n) is 1.94. The maximum atomic E-state index is 4.70. The van der Waals surface area contributed by atoms with Crippen molar-refractivity contribution in [1.82, 2.24) is 0 Å². The van der Waals surface area contributed by atoms with E-state index in [0.717, 1.165) is 4.43 Å². The van der Waals surface area contributed by atoms with Crippen LogP contribution in [0.4, 0.5) is 0 Å². The molecule has 0 aromatic carbocycles. The summed E-state index contributed by atoms with van der Waals surface area (Å²) in [5, 5.41) is 0. The molecule has 0 aliphatic rings. The molecule has 0 atom stereocenters. The third kappa shape index (κ3) is 7.23. The molecule has 1 nitrogen and oxygen atoms in total. The third-order valence-corrected chi connectivity index (χ3v) is 4.90. The van der Waals surface area contributed by atoms with E-state index in [-0.39, 0.29) is 0 Å². The van der Waals surface area contributed by atoms with E-state index in [1.165, 1.54) is 0 Å². The number of hydrogen-bond acceptors (Lipinski definition) is 1.